The Morgan fingerprint density at radius 2 is 2.32 bits per heavy atom. The molecule has 0 spiro atoms. The minimum Gasteiger partial charge on any atom is -0.334 e. The second-order valence-corrected chi connectivity index (χ2v) is 4.75. The van der Waals surface area contributed by atoms with Crippen LogP contribution in [0, 0.1) is 17.1 Å². The van der Waals surface area contributed by atoms with Crippen LogP contribution >= 0.6 is 0 Å². The molecule has 5 heteroatoms. The van der Waals surface area contributed by atoms with Gasteiger partial charge < -0.3 is 10.6 Å². The average molecular weight is 261 g/mol. The molecule has 1 saturated heterocycles. The molecular formula is C14H16FN3O. The van der Waals surface area contributed by atoms with Gasteiger partial charge in [0.2, 0.25) is 5.91 Å². The molecule has 19 heavy (non-hydrogen) atoms. The van der Waals surface area contributed by atoms with Gasteiger partial charge in [-0.2, -0.15) is 5.26 Å². The summed E-state index contributed by atoms with van der Waals surface area (Å²) in [6, 6.07) is 5.58. The summed E-state index contributed by atoms with van der Waals surface area (Å²) in [5.41, 5.74) is 6.73. The Morgan fingerprint density at radius 3 is 2.95 bits per heavy atom. The van der Waals surface area contributed by atoms with E-state index in [2.05, 4.69) is 0 Å². The highest BCUT2D eigenvalue weighted by molar-refractivity contribution is 5.80. The Bertz CT molecular complexity index is 538. The second-order valence-electron chi connectivity index (χ2n) is 4.75. The summed E-state index contributed by atoms with van der Waals surface area (Å²) in [6.45, 7) is 2.61. The molecule has 1 heterocycles. The van der Waals surface area contributed by atoms with Gasteiger partial charge in [-0.3, -0.25) is 4.79 Å². The van der Waals surface area contributed by atoms with Crippen molar-refractivity contribution in [3.63, 3.8) is 0 Å². The highest BCUT2D eigenvalue weighted by Gasteiger charge is 2.38. The van der Waals surface area contributed by atoms with E-state index in [0.717, 1.165) is 12.0 Å². The van der Waals surface area contributed by atoms with E-state index in [1.54, 1.807) is 11.0 Å². The summed E-state index contributed by atoms with van der Waals surface area (Å²) >= 11 is 0. The lowest BCUT2D eigenvalue weighted by Gasteiger charge is -2.27. The predicted molar refractivity (Wildman–Crippen MR) is 68.5 cm³/mol. The van der Waals surface area contributed by atoms with Crippen LogP contribution in [0.3, 0.4) is 0 Å². The van der Waals surface area contributed by atoms with Crippen LogP contribution < -0.4 is 5.73 Å². The summed E-state index contributed by atoms with van der Waals surface area (Å²) in [6.07, 6.45) is 1.13. The number of nitrogens with two attached hydrogens (primary N) is 1. The summed E-state index contributed by atoms with van der Waals surface area (Å²) in [5.74, 6) is -0.534. The fraction of sp³-hybridized carbons (Fsp3) is 0.429. The first-order chi connectivity index (χ1) is 9.08. The minimum absolute atomic E-state index is 0.0134. The third-order valence-electron chi connectivity index (χ3n) is 3.39. The van der Waals surface area contributed by atoms with Gasteiger partial charge in [0, 0.05) is 19.0 Å². The molecule has 2 rings (SSSR count). The van der Waals surface area contributed by atoms with Crippen molar-refractivity contribution in [1.29, 1.82) is 5.26 Å². The maximum absolute atomic E-state index is 13.3. The third-order valence-corrected chi connectivity index (χ3v) is 3.39. The molecule has 4 nitrogen and oxygen atoms in total. The molecule has 0 bridgehead atoms. The molecule has 1 aromatic rings. The molecule has 0 radical (unpaired) electrons. The van der Waals surface area contributed by atoms with Crippen LogP contribution in [0.2, 0.25) is 0 Å². The first-order valence-corrected chi connectivity index (χ1v) is 6.33. The van der Waals surface area contributed by atoms with E-state index in [0.29, 0.717) is 13.0 Å². The van der Waals surface area contributed by atoms with Crippen molar-refractivity contribution in [3.05, 3.63) is 35.1 Å². The highest BCUT2D eigenvalue weighted by atomic mass is 19.1. The topological polar surface area (TPSA) is 70.1 Å². The largest absolute Gasteiger partial charge is 0.334 e. The van der Waals surface area contributed by atoms with Crippen LogP contribution in [0.1, 0.15) is 36.9 Å². The Hall–Kier alpha value is -1.93. The number of carbonyl (C=O) groups is 1. The number of nitriles is 1. The van der Waals surface area contributed by atoms with Crippen LogP contribution in [0.5, 0.6) is 0 Å². The van der Waals surface area contributed by atoms with Gasteiger partial charge in [-0.1, -0.05) is 13.0 Å². The second kappa shape index (κ2) is 5.37. The molecule has 1 fully saturated rings. The van der Waals surface area contributed by atoms with Gasteiger partial charge in [0.15, 0.2) is 0 Å². The lowest BCUT2D eigenvalue weighted by molar-refractivity contribution is -0.129. The zero-order valence-corrected chi connectivity index (χ0v) is 10.8. The standard InChI is InChI=1S/C14H16FN3O/c1-2-5-18-13(19)7-12(17)14(18)9-3-4-11(15)10(6-9)8-16/h3-4,6,12,14H,2,5,7,17H2,1H3. The number of hydrogen-bond donors (Lipinski definition) is 1. The number of hydrogen-bond acceptors (Lipinski definition) is 3. The summed E-state index contributed by atoms with van der Waals surface area (Å²) in [7, 11) is 0. The fourth-order valence-electron chi connectivity index (χ4n) is 2.56. The molecule has 1 aliphatic rings. The van der Waals surface area contributed by atoms with Crippen molar-refractivity contribution in [2.75, 3.05) is 6.54 Å². The molecular weight excluding hydrogens is 245 g/mol. The third kappa shape index (κ3) is 2.45. The van der Waals surface area contributed by atoms with Crippen LogP contribution in [0.15, 0.2) is 18.2 Å². The van der Waals surface area contributed by atoms with Crippen LogP contribution in [0.25, 0.3) is 0 Å². The molecule has 0 saturated carbocycles. The summed E-state index contributed by atoms with van der Waals surface area (Å²) < 4.78 is 13.3. The zero-order chi connectivity index (χ0) is 14.0. The van der Waals surface area contributed by atoms with Crippen molar-refractivity contribution in [1.82, 2.24) is 4.90 Å². The number of benzene rings is 1. The Morgan fingerprint density at radius 1 is 1.58 bits per heavy atom. The molecule has 100 valence electrons. The molecule has 0 aromatic heterocycles. The number of halogens is 1. The predicted octanol–water partition coefficient (Wildman–Crippen LogP) is 1.71. The van der Waals surface area contributed by atoms with E-state index < -0.39 is 5.82 Å². The number of nitrogens with zero attached hydrogens (tertiary/aromatic N) is 2. The maximum Gasteiger partial charge on any atom is 0.224 e. The van der Waals surface area contributed by atoms with Crippen LogP contribution in [0.4, 0.5) is 4.39 Å². The average Bonchev–Trinajstić information content (AvgIpc) is 2.66. The van der Waals surface area contributed by atoms with Crippen molar-refractivity contribution in [3.8, 4) is 6.07 Å². The van der Waals surface area contributed by atoms with E-state index in [1.807, 2.05) is 13.0 Å². The Balaban J connectivity index is 2.38. The Labute approximate surface area is 111 Å². The van der Waals surface area contributed by atoms with E-state index in [9.17, 15) is 9.18 Å². The molecule has 2 N–H and O–H groups in total. The lowest BCUT2D eigenvalue weighted by atomic mass is 9.98. The molecule has 2 atom stereocenters. The number of likely N-dealkylation sites (tertiary alicyclic amines) is 1. The van der Waals surface area contributed by atoms with Gasteiger partial charge in [0.25, 0.3) is 0 Å². The van der Waals surface area contributed by atoms with E-state index in [4.69, 9.17) is 11.0 Å². The van der Waals surface area contributed by atoms with Gasteiger partial charge in [-0.15, -0.1) is 0 Å². The molecule has 0 aliphatic carbocycles. The van der Waals surface area contributed by atoms with Crippen molar-refractivity contribution in [2.45, 2.75) is 31.8 Å². The van der Waals surface area contributed by atoms with Crippen molar-refractivity contribution >= 4 is 5.91 Å². The van der Waals surface area contributed by atoms with Gasteiger partial charge in [0.1, 0.15) is 11.9 Å². The first-order valence-electron chi connectivity index (χ1n) is 6.33. The van der Waals surface area contributed by atoms with Gasteiger partial charge >= 0.3 is 0 Å². The van der Waals surface area contributed by atoms with Crippen LogP contribution in [-0.4, -0.2) is 23.4 Å². The van der Waals surface area contributed by atoms with E-state index >= 15 is 0 Å². The monoisotopic (exact) mass is 261 g/mol. The Kier molecular flexibility index (Phi) is 3.82. The number of carbonyl (C=O) groups excluding carboxylic acids is 1. The minimum atomic E-state index is -0.550. The highest BCUT2D eigenvalue weighted by Crippen LogP contribution is 2.32. The van der Waals surface area contributed by atoms with E-state index in [1.165, 1.54) is 12.1 Å². The zero-order valence-electron chi connectivity index (χ0n) is 10.8. The molecule has 1 amide bonds. The smallest absolute Gasteiger partial charge is 0.224 e. The van der Waals surface area contributed by atoms with E-state index in [-0.39, 0.29) is 23.6 Å². The van der Waals surface area contributed by atoms with Gasteiger partial charge in [-0.05, 0) is 24.1 Å². The van der Waals surface area contributed by atoms with Crippen LogP contribution in [-0.2, 0) is 4.79 Å². The van der Waals surface area contributed by atoms with Crippen molar-refractivity contribution in [2.24, 2.45) is 5.73 Å². The first kappa shape index (κ1) is 13.5. The van der Waals surface area contributed by atoms with Gasteiger partial charge in [-0.25, -0.2) is 4.39 Å². The molecule has 2 unspecified atom stereocenters. The fourth-order valence-corrected chi connectivity index (χ4v) is 2.56. The summed E-state index contributed by atoms with van der Waals surface area (Å²) in [4.78, 5) is 13.6. The normalized spacial score (nSPS) is 22.6. The summed E-state index contributed by atoms with van der Waals surface area (Å²) in [5, 5.41) is 8.87. The number of rotatable bonds is 3. The molecule has 1 aromatic carbocycles. The molecule has 1 aliphatic heterocycles. The quantitative estimate of drug-likeness (QED) is 0.900. The maximum atomic E-state index is 13.3. The lowest BCUT2D eigenvalue weighted by Crippen LogP contribution is -2.33. The van der Waals surface area contributed by atoms with Gasteiger partial charge in [0.05, 0.1) is 11.6 Å². The van der Waals surface area contributed by atoms with Crippen molar-refractivity contribution < 1.29 is 9.18 Å². The number of amides is 1. The SMILES string of the molecule is CCCN1C(=O)CC(N)C1c1ccc(F)c(C#N)c1.